The van der Waals surface area contributed by atoms with Gasteiger partial charge < -0.3 is 5.32 Å². The second-order valence-corrected chi connectivity index (χ2v) is 6.80. The molecule has 31 heavy (non-hydrogen) atoms. The molecule has 0 bridgehead atoms. The van der Waals surface area contributed by atoms with Crippen molar-refractivity contribution >= 4 is 22.6 Å². The van der Waals surface area contributed by atoms with Gasteiger partial charge in [0.15, 0.2) is 5.65 Å². The van der Waals surface area contributed by atoms with Gasteiger partial charge in [0.05, 0.1) is 24.2 Å². The minimum atomic E-state index is -0.597. The predicted octanol–water partition coefficient (Wildman–Crippen LogP) is 1.98. The van der Waals surface area contributed by atoms with Gasteiger partial charge in [-0.05, 0) is 11.6 Å². The van der Waals surface area contributed by atoms with Crippen LogP contribution in [0.15, 0.2) is 71.9 Å². The number of amides is 1. The van der Waals surface area contributed by atoms with Crippen LogP contribution in [0, 0.1) is 10.1 Å². The zero-order valence-electron chi connectivity index (χ0n) is 16.3. The fourth-order valence-corrected chi connectivity index (χ4v) is 3.25. The first-order chi connectivity index (χ1) is 15.0. The Morgan fingerprint density at radius 2 is 1.84 bits per heavy atom. The number of carbonyl (C=O) groups excluding carboxylic acids is 1. The number of nitrogens with zero attached hydrogens (tertiary/aromatic N) is 5. The summed E-state index contributed by atoms with van der Waals surface area (Å²) in [6, 6.07) is 15.3. The van der Waals surface area contributed by atoms with Crippen molar-refractivity contribution < 1.29 is 9.72 Å². The van der Waals surface area contributed by atoms with Crippen LogP contribution >= 0.6 is 0 Å². The maximum absolute atomic E-state index is 12.8. The molecular weight excluding hydrogens is 400 g/mol. The van der Waals surface area contributed by atoms with Gasteiger partial charge in [-0.1, -0.05) is 42.5 Å². The van der Waals surface area contributed by atoms with Crippen molar-refractivity contribution in [2.24, 2.45) is 0 Å². The second-order valence-electron chi connectivity index (χ2n) is 6.80. The first kappa shape index (κ1) is 20.0. The molecule has 2 aromatic heterocycles. The normalized spacial score (nSPS) is 10.8. The first-order valence-electron chi connectivity index (χ1n) is 9.51. The number of para-hydroxylation sites is 1. The molecule has 0 saturated heterocycles. The Morgan fingerprint density at radius 3 is 2.61 bits per heavy atom. The molecule has 0 aliphatic carbocycles. The number of nitro groups is 1. The van der Waals surface area contributed by atoms with Crippen molar-refractivity contribution in [1.29, 1.82) is 0 Å². The summed E-state index contributed by atoms with van der Waals surface area (Å²) in [5.41, 5.74) is 0.916. The largest absolute Gasteiger partial charge is 0.350 e. The van der Waals surface area contributed by atoms with E-state index in [2.05, 4.69) is 15.4 Å². The fourth-order valence-electron chi connectivity index (χ4n) is 3.25. The number of carbonyl (C=O) groups is 1. The van der Waals surface area contributed by atoms with E-state index < -0.39 is 10.8 Å². The van der Waals surface area contributed by atoms with Gasteiger partial charge in [0.25, 0.3) is 17.2 Å². The molecule has 0 spiro atoms. The van der Waals surface area contributed by atoms with E-state index in [0.29, 0.717) is 17.6 Å². The van der Waals surface area contributed by atoms with Crippen molar-refractivity contribution in [3.63, 3.8) is 0 Å². The Hall–Kier alpha value is -4.34. The molecule has 10 nitrogen and oxygen atoms in total. The summed E-state index contributed by atoms with van der Waals surface area (Å²) in [6.45, 7) is 0.821. The van der Waals surface area contributed by atoms with Gasteiger partial charge in [0, 0.05) is 12.6 Å². The molecule has 0 aliphatic rings. The van der Waals surface area contributed by atoms with E-state index in [1.807, 2.05) is 30.3 Å². The van der Waals surface area contributed by atoms with Crippen molar-refractivity contribution in [2.75, 3.05) is 6.54 Å². The Bertz CT molecular complexity index is 1310. The van der Waals surface area contributed by atoms with Crippen LogP contribution in [0.2, 0.25) is 0 Å². The van der Waals surface area contributed by atoms with E-state index in [-0.39, 0.29) is 29.9 Å². The van der Waals surface area contributed by atoms with Crippen LogP contribution in [-0.4, -0.2) is 36.7 Å². The lowest BCUT2D eigenvalue weighted by Gasteiger charge is -2.08. The molecule has 2 aromatic carbocycles. The van der Waals surface area contributed by atoms with Gasteiger partial charge in [-0.3, -0.25) is 24.3 Å². The lowest BCUT2D eigenvalue weighted by molar-refractivity contribution is -0.385. The van der Waals surface area contributed by atoms with Crippen LogP contribution in [0.4, 0.5) is 5.69 Å². The summed E-state index contributed by atoms with van der Waals surface area (Å²) >= 11 is 0. The first-order valence-corrected chi connectivity index (χ1v) is 9.51. The number of benzene rings is 2. The van der Waals surface area contributed by atoms with E-state index in [4.69, 9.17) is 0 Å². The predicted molar refractivity (Wildman–Crippen MR) is 113 cm³/mol. The molecule has 0 aliphatic heterocycles. The Morgan fingerprint density at radius 1 is 1.10 bits per heavy atom. The van der Waals surface area contributed by atoms with E-state index in [0.717, 1.165) is 5.56 Å². The van der Waals surface area contributed by atoms with Gasteiger partial charge in [-0.25, -0.2) is 9.67 Å². The summed E-state index contributed by atoms with van der Waals surface area (Å²) in [7, 11) is 0. The second kappa shape index (κ2) is 8.57. The lowest BCUT2D eigenvalue weighted by atomic mass is 10.1. The molecule has 156 valence electrons. The van der Waals surface area contributed by atoms with Gasteiger partial charge in [0.1, 0.15) is 17.3 Å². The fraction of sp³-hybridized carbons (Fsp3) is 0.143. The van der Waals surface area contributed by atoms with Gasteiger partial charge in [-0.2, -0.15) is 5.10 Å². The highest BCUT2D eigenvalue weighted by molar-refractivity contribution is 5.98. The van der Waals surface area contributed by atoms with Crippen LogP contribution < -0.4 is 10.9 Å². The van der Waals surface area contributed by atoms with Crippen LogP contribution in [0.25, 0.3) is 11.0 Å². The van der Waals surface area contributed by atoms with Crippen LogP contribution in [0.5, 0.6) is 0 Å². The summed E-state index contributed by atoms with van der Waals surface area (Å²) < 4.78 is 3.03. The molecule has 0 saturated carbocycles. The van der Waals surface area contributed by atoms with Crippen LogP contribution in [0.1, 0.15) is 15.9 Å². The third kappa shape index (κ3) is 4.17. The standard InChI is InChI=1S/C21H18N6O4/c28-20(16-8-4-5-9-18(16)27(30)31)22-10-11-26-19-17(12-24-26)21(29)25(14-23-19)13-15-6-2-1-3-7-15/h1-9,12,14H,10-11,13H2,(H,22,28). The number of hydrogen-bond donors (Lipinski definition) is 1. The number of nitrogens with one attached hydrogen (secondary N) is 1. The summed E-state index contributed by atoms with van der Waals surface area (Å²) in [5.74, 6) is -0.554. The molecule has 4 aromatic rings. The molecule has 1 N–H and O–H groups in total. The monoisotopic (exact) mass is 418 g/mol. The van der Waals surface area contributed by atoms with Crippen LogP contribution in [0.3, 0.4) is 0 Å². The topological polar surface area (TPSA) is 125 Å². The van der Waals surface area contributed by atoms with E-state index >= 15 is 0 Å². The highest BCUT2D eigenvalue weighted by Gasteiger charge is 2.19. The lowest BCUT2D eigenvalue weighted by Crippen LogP contribution is -2.28. The quantitative estimate of drug-likeness (QED) is 0.361. The molecule has 4 rings (SSSR count). The number of hydrogen-bond acceptors (Lipinski definition) is 6. The van der Waals surface area contributed by atoms with Crippen molar-refractivity contribution in [3.8, 4) is 0 Å². The third-order valence-corrected chi connectivity index (χ3v) is 4.77. The zero-order chi connectivity index (χ0) is 21.8. The maximum Gasteiger partial charge on any atom is 0.282 e. The minimum absolute atomic E-state index is 0.0141. The Balaban J connectivity index is 1.46. The summed E-state index contributed by atoms with van der Waals surface area (Å²) in [6.07, 6.45) is 2.93. The van der Waals surface area contributed by atoms with Gasteiger partial charge in [-0.15, -0.1) is 0 Å². The van der Waals surface area contributed by atoms with Crippen molar-refractivity contribution in [2.45, 2.75) is 13.1 Å². The van der Waals surface area contributed by atoms with Gasteiger partial charge in [0.2, 0.25) is 0 Å². The average molecular weight is 418 g/mol. The molecule has 0 radical (unpaired) electrons. The average Bonchev–Trinajstić information content (AvgIpc) is 3.20. The minimum Gasteiger partial charge on any atom is -0.350 e. The zero-order valence-corrected chi connectivity index (χ0v) is 16.3. The van der Waals surface area contributed by atoms with Gasteiger partial charge >= 0.3 is 0 Å². The Labute approximate surface area is 175 Å². The number of aromatic nitrogens is 4. The van der Waals surface area contributed by atoms with Crippen molar-refractivity contribution in [1.82, 2.24) is 24.6 Å². The number of rotatable bonds is 7. The third-order valence-electron chi connectivity index (χ3n) is 4.77. The highest BCUT2D eigenvalue weighted by atomic mass is 16.6. The summed E-state index contributed by atoms with van der Waals surface area (Å²) in [4.78, 5) is 39.9. The van der Waals surface area contributed by atoms with Crippen molar-refractivity contribution in [3.05, 3.63) is 98.7 Å². The highest BCUT2D eigenvalue weighted by Crippen LogP contribution is 2.17. The number of fused-ring (bicyclic) bond motifs is 1. The molecule has 10 heteroatoms. The maximum atomic E-state index is 12.8. The summed E-state index contributed by atoms with van der Waals surface area (Å²) in [5, 5.41) is 18.3. The molecular formula is C21H18N6O4. The Kier molecular flexibility index (Phi) is 5.52. The SMILES string of the molecule is O=C(NCCn1ncc2c(=O)n(Cc3ccccc3)cnc21)c1ccccc1[N+](=O)[O-]. The smallest absolute Gasteiger partial charge is 0.282 e. The van der Waals surface area contributed by atoms with E-state index in [1.54, 1.807) is 6.07 Å². The van der Waals surface area contributed by atoms with E-state index in [1.165, 1.54) is 40.0 Å². The molecule has 2 heterocycles. The van der Waals surface area contributed by atoms with Crippen LogP contribution in [-0.2, 0) is 13.1 Å². The molecule has 0 atom stereocenters. The molecule has 0 fully saturated rings. The molecule has 0 unspecified atom stereocenters. The number of nitro benzene ring substituents is 1. The molecule has 1 amide bonds. The van der Waals surface area contributed by atoms with E-state index in [9.17, 15) is 19.7 Å².